The number of aldehydes is 1. The van der Waals surface area contributed by atoms with E-state index in [4.69, 9.17) is 39.2 Å². The molecule has 0 amide bonds. The molecule has 1 aromatic carbocycles. The minimum Gasteiger partial charge on any atom is -0.453 e. The molecule has 0 unspecified atom stereocenters. The fraction of sp³-hybridized carbons (Fsp3) is 0. The van der Waals surface area contributed by atoms with Gasteiger partial charge in [-0.2, -0.15) is 0 Å². The average Bonchev–Trinajstić information content (AvgIpc) is 2.86. The third kappa shape index (κ3) is 2.78. The first-order valence-corrected chi connectivity index (χ1v) is 6.12. The van der Waals surface area contributed by atoms with Gasteiger partial charge in [0, 0.05) is 5.56 Å². The van der Waals surface area contributed by atoms with E-state index < -0.39 is 0 Å². The number of furan rings is 1. The SMILES string of the molecule is O=Cc1ccc(-c2cccc(C(Cl)=C(Cl)Cl)c2)o1. The monoisotopic (exact) mass is 300 g/mol. The molecule has 5 heteroatoms. The van der Waals surface area contributed by atoms with Crippen molar-refractivity contribution in [2.75, 3.05) is 0 Å². The minimum atomic E-state index is 0.00171. The lowest BCUT2D eigenvalue weighted by Crippen LogP contribution is -1.80. The maximum absolute atomic E-state index is 10.6. The summed E-state index contributed by atoms with van der Waals surface area (Å²) in [7, 11) is 0. The summed E-state index contributed by atoms with van der Waals surface area (Å²) < 4.78 is 5.32. The number of hydrogen-bond acceptors (Lipinski definition) is 2. The van der Waals surface area contributed by atoms with E-state index in [9.17, 15) is 4.79 Å². The number of rotatable bonds is 3. The van der Waals surface area contributed by atoms with Crippen molar-refractivity contribution in [2.24, 2.45) is 0 Å². The van der Waals surface area contributed by atoms with Crippen molar-refractivity contribution in [3.8, 4) is 11.3 Å². The molecule has 0 saturated heterocycles. The van der Waals surface area contributed by atoms with Gasteiger partial charge in [-0.15, -0.1) is 0 Å². The molecule has 0 radical (unpaired) electrons. The number of benzene rings is 1. The van der Waals surface area contributed by atoms with Crippen LogP contribution < -0.4 is 0 Å². The van der Waals surface area contributed by atoms with Crippen LogP contribution in [0.1, 0.15) is 16.1 Å². The van der Waals surface area contributed by atoms with Gasteiger partial charge in [-0.3, -0.25) is 4.79 Å². The highest BCUT2D eigenvalue weighted by Crippen LogP contribution is 2.31. The Morgan fingerprint density at radius 3 is 2.50 bits per heavy atom. The van der Waals surface area contributed by atoms with Crippen molar-refractivity contribution in [3.63, 3.8) is 0 Å². The van der Waals surface area contributed by atoms with E-state index in [0.29, 0.717) is 17.6 Å². The Kier molecular flexibility index (Phi) is 4.12. The summed E-state index contributed by atoms with van der Waals surface area (Å²) >= 11 is 17.2. The normalized spacial score (nSPS) is 10.2. The lowest BCUT2D eigenvalue weighted by atomic mass is 10.1. The minimum absolute atomic E-state index is 0.00171. The Bertz CT molecular complexity index is 610. The Labute approximate surface area is 119 Å². The van der Waals surface area contributed by atoms with Crippen LogP contribution >= 0.6 is 34.8 Å². The van der Waals surface area contributed by atoms with Crippen LogP contribution in [-0.2, 0) is 0 Å². The molecule has 0 aliphatic rings. The van der Waals surface area contributed by atoms with E-state index in [2.05, 4.69) is 0 Å². The molecule has 0 bridgehead atoms. The van der Waals surface area contributed by atoms with Gasteiger partial charge in [0.25, 0.3) is 0 Å². The number of carbonyl (C=O) groups excluding carboxylic acids is 1. The molecular formula is C13H7Cl3O2. The molecule has 0 saturated carbocycles. The highest BCUT2D eigenvalue weighted by atomic mass is 35.5. The zero-order valence-corrected chi connectivity index (χ0v) is 11.3. The number of halogens is 3. The van der Waals surface area contributed by atoms with Crippen molar-refractivity contribution < 1.29 is 9.21 Å². The van der Waals surface area contributed by atoms with E-state index >= 15 is 0 Å². The second kappa shape index (κ2) is 5.61. The maximum atomic E-state index is 10.6. The zero-order chi connectivity index (χ0) is 13.1. The quantitative estimate of drug-likeness (QED) is 0.738. The number of carbonyl (C=O) groups is 1. The van der Waals surface area contributed by atoms with Gasteiger partial charge in [0.05, 0.1) is 5.03 Å². The first-order valence-electron chi connectivity index (χ1n) is 4.98. The third-order valence-corrected chi connectivity index (χ3v) is 3.29. The molecule has 0 aliphatic carbocycles. The van der Waals surface area contributed by atoms with Crippen LogP contribution in [0.5, 0.6) is 0 Å². The Balaban J connectivity index is 2.44. The Hall–Kier alpha value is -1.22. The van der Waals surface area contributed by atoms with Gasteiger partial charge in [0.1, 0.15) is 10.3 Å². The molecule has 0 spiro atoms. The molecule has 1 heterocycles. The first-order chi connectivity index (χ1) is 8.61. The van der Waals surface area contributed by atoms with Crippen LogP contribution in [0.3, 0.4) is 0 Å². The van der Waals surface area contributed by atoms with Gasteiger partial charge in [0.15, 0.2) is 12.0 Å². The van der Waals surface area contributed by atoms with Gasteiger partial charge < -0.3 is 4.42 Å². The van der Waals surface area contributed by atoms with Gasteiger partial charge in [-0.05, 0) is 23.8 Å². The van der Waals surface area contributed by atoms with Crippen LogP contribution in [0.15, 0.2) is 45.3 Å². The van der Waals surface area contributed by atoms with Gasteiger partial charge >= 0.3 is 0 Å². The topological polar surface area (TPSA) is 30.2 Å². The standard InChI is InChI=1S/C13H7Cl3O2/c14-12(13(15)16)9-3-1-2-8(6-9)11-5-4-10(7-17)18-11/h1-7H. The lowest BCUT2D eigenvalue weighted by Gasteiger charge is -2.02. The second-order valence-corrected chi connectivity index (χ2v) is 4.80. The van der Waals surface area contributed by atoms with Crippen molar-refractivity contribution >= 4 is 46.1 Å². The van der Waals surface area contributed by atoms with Crippen LogP contribution in [0.4, 0.5) is 0 Å². The van der Waals surface area contributed by atoms with Crippen molar-refractivity contribution in [1.82, 2.24) is 0 Å². The third-order valence-electron chi connectivity index (χ3n) is 2.31. The summed E-state index contributed by atoms with van der Waals surface area (Å²) in [6.45, 7) is 0. The molecular weight excluding hydrogens is 295 g/mol. The Morgan fingerprint density at radius 1 is 1.11 bits per heavy atom. The summed E-state index contributed by atoms with van der Waals surface area (Å²) in [6.07, 6.45) is 0.649. The molecule has 92 valence electrons. The first kappa shape index (κ1) is 13.2. The molecule has 18 heavy (non-hydrogen) atoms. The molecule has 2 nitrogen and oxygen atoms in total. The predicted octanol–water partition coefficient (Wildman–Crippen LogP) is 5.10. The van der Waals surface area contributed by atoms with Crippen LogP contribution in [0.25, 0.3) is 16.4 Å². The van der Waals surface area contributed by atoms with Crippen LogP contribution in [0.2, 0.25) is 0 Å². The van der Waals surface area contributed by atoms with Crippen molar-refractivity contribution in [2.45, 2.75) is 0 Å². The molecule has 0 atom stereocenters. The molecule has 0 fully saturated rings. The van der Waals surface area contributed by atoms with Crippen LogP contribution in [0, 0.1) is 0 Å². The summed E-state index contributed by atoms with van der Waals surface area (Å²) in [4.78, 5) is 10.6. The van der Waals surface area contributed by atoms with Crippen LogP contribution in [-0.4, -0.2) is 6.29 Å². The number of hydrogen-bond donors (Lipinski definition) is 0. The second-order valence-electron chi connectivity index (χ2n) is 3.48. The largest absolute Gasteiger partial charge is 0.453 e. The average molecular weight is 302 g/mol. The van der Waals surface area contributed by atoms with E-state index in [0.717, 1.165) is 5.56 Å². The summed E-state index contributed by atoms with van der Waals surface area (Å²) in [6, 6.07) is 10.5. The Morgan fingerprint density at radius 2 is 1.89 bits per heavy atom. The molecule has 0 N–H and O–H groups in total. The fourth-order valence-corrected chi connectivity index (χ4v) is 1.83. The maximum Gasteiger partial charge on any atom is 0.185 e. The van der Waals surface area contributed by atoms with Crippen molar-refractivity contribution in [1.29, 1.82) is 0 Å². The van der Waals surface area contributed by atoms with E-state index in [1.54, 1.807) is 30.3 Å². The molecule has 2 aromatic rings. The summed E-state index contributed by atoms with van der Waals surface area (Å²) in [5.74, 6) is 0.849. The molecule has 1 aromatic heterocycles. The molecule has 2 rings (SSSR count). The zero-order valence-electron chi connectivity index (χ0n) is 8.99. The summed E-state index contributed by atoms with van der Waals surface area (Å²) in [5.41, 5.74) is 1.46. The fourth-order valence-electron chi connectivity index (χ4n) is 1.49. The highest BCUT2D eigenvalue weighted by Gasteiger charge is 2.08. The van der Waals surface area contributed by atoms with Gasteiger partial charge in [-0.25, -0.2) is 0 Å². The van der Waals surface area contributed by atoms with E-state index in [1.165, 1.54) is 0 Å². The predicted molar refractivity (Wildman–Crippen MR) is 74.0 cm³/mol. The van der Waals surface area contributed by atoms with E-state index in [-0.39, 0.29) is 15.3 Å². The highest BCUT2D eigenvalue weighted by molar-refractivity contribution is 6.66. The van der Waals surface area contributed by atoms with Gasteiger partial charge in [-0.1, -0.05) is 53.0 Å². The van der Waals surface area contributed by atoms with Crippen molar-refractivity contribution in [3.05, 3.63) is 52.2 Å². The molecule has 0 aliphatic heterocycles. The van der Waals surface area contributed by atoms with Gasteiger partial charge in [0.2, 0.25) is 0 Å². The summed E-state index contributed by atoms with van der Waals surface area (Å²) in [5, 5.41) is 0.266. The smallest absolute Gasteiger partial charge is 0.185 e. The lowest BCUT2D eigenvalue weighted by molar-refractivity contribution is 0.110. The van der Waals surface area contributed by atoms with E-state index in [1.807, 2.05) is 6.07 Å².